The first kappa shape index (κ1) is 14.7. The minimum Gasteiger partial charge on any atom is -0.409 e. The minimum absolute atomic E-state index is 0.0937. The van der Waals surface area contributed by atoms with Crippen LogP contribution in [0.15, 0.2) is 23.4 Å². The zero-order valence-corrected chi connectivity index (χ0v) is 11.7. The quantitative estimate of drug-likeness (QED) is 0.381. The summed E-state index contributed by atoms with van der Waals surface area (Å²) >= 11 is 0. The molecule has 1 aromatic carbocycles. The molecule has 1 aliphatic heterocycles. The van der Waals surface area contributed by atoms with Crippen LogP contribution >= 0.6 is 0 Å². The molecule has 20 heavy (non-hydrogen) atoms. The lowest BCUT2D eigenvalue weighted by Gasteiger charge is -2.36. The summed E-state index contributed by atoms with van der Waals surface area (Å²) < 4.78 is 19.6. The van der Waals surface area contributed by atoms with Crippen molar-refractivity contribution in [2.45, 2.75) is 32.5 Å². The van der Waals surface area contributed by atoms with Crippen LogP contribution in [0.2, 0.25) is 0 Å². The van der Waals surface area contributed by atoms with Crippen molar-refractivity contribution in [1.82, 2.24) is 4.90 Å². The van der Waals surface area contributed by atoms with E-state index in [9.17, 15) is 4.39 Å². The smallest absolute Gasteiger partial charge is 0.170 e. The summed E-state index contributed by atoms with van der Waals surface area (Å²) in [7, 11) is 0. The number of hydrogen-bond acceptors (Lipinski definition) is 4. The molecule has 3 N–H and O–H groups in total. The first-order valence-corrected chi connectivity index (χ1v) is 6.63. The summed E-state index contributed by atoms with van der Waals surface area (Å²) in [5.74, 6) is -0.441. The summed E-state index contributed by atoms with van der Waals surface area (Å²) in [6, 6.07) is 4.88. The molecule has 0 saturated carbocycles. The van der Waals surface area contributed by atoms with Crippen molar-refractivity contribution in [2.24, 2.45) is 10.9 Å². The molecule has 0 spiro atoms. The molecule has 6 heteroatoms. The van der Waals surface area contributed by atoms with Gasteiger partial charge in [0.25, 0.3) is 0 Å². The maximum Gasteiger partial charge on any atom is 0.170 e. The van der Waals surface area contributed by atoms with Crippen molar-refractivity contribution >= 4 is 5.84 Å². The number of amidine groups is 1. The second-order valence-corrected chi connectivity index (χ2v) is 5.21. The highest BCUT2D eigenvalue weighted by atomic mass is 19.1. The van der Waals surface area contributed by atoms with Gasteiger partial charge in [-0.1, -0.05) is 17.3 Å². The van der Waals surface area contributed by atoms with Crippen LogP contribution in [-0.2, 0) is 11.3 Å². The Balaban J connectivity index is 2.13. The van der Waals surface area contributed by atoms with Crippen molar-refractivity contribution < 1.29 is 14.3 Å². The minimum atomic E-state index is -0.347. The van der Waals surface area contributed by atoms with Crippen LogP contribution in [0.25, 0.3) is 0 Å². The number of halogens is 1. The van der Waals surface area contributed by atoms with Gasteiger partial charge in [0.15, 0.2) is 5.84 Å². The zero-order valence-electron chi connectivity index (χ0n) is 11.7. The molecule has 1 saturated heterocycles. The van der Waals surface area contributed by atoms with E-state index in [1.54, 1.807) is 12.1 Å². The summed E-state index contributed by atoms with van der Waals surface area (Å²) in [5.41, 5.74) is 6.41. The van der Waals surface area contributed by atoms with Gasteiger partial charge in [0.2, 0.25) is 0 Å². The van der Waals surface area contributed by atoms with Crippen LogP contribution in [0.5, 0.6) is 0 Å². The SMILES string of the molecule is CC1CN(Cc2ccc(/C(N)=N/O)cc2F)C(C)CO1. The fraction of sp³-hybridized carbons (Fsp3) is 0.500. The first-order valence-electron chi connectivity index (χ1n) is 6.63. The second-order valence-electron chi connectivity index (χ2n) is 5.21. The Hall–Kier alpha value is -1.66. The van der Waals surface area contributed by atoms with Crippen LogP contribution in [0, 0.1) is 5.82 Å². The van der Waals surface area contributed by atoms with E-state index in [1.807, 2.05) is 6.92 Å². The number of oxime groups is 1. The van der Waals surface area contributed by atoms with Crippen molar-refractivity contribution in [1.29, 1.82) is 0 Å². The second kappa shape index (κ2) is 6.19. The number of nitrogens with zero attached hydrogens (tertiary/aromatic N) is 2. The standard InChI is InChI=1S/C14H20FN3O2/c1-9-8-20-10(2)6-18(9)7-12-4-3-11(5-13(12)15)14(16)17-19/h3-5,9-10,19H,6-8H2,1-2H3,(H2,16,17). The molecule has 1 aliphatic rings. The molecule has 5 nitrogen and oxygen atoms in total. The van der Waals surface area contributed by atoms with E-state index in [0.29, 0.717) is 24.3 Å². The number of hydrogen-bond donors (Lipinski definition) is 2. The number of benzene rings is 1. The van der Waals surface area contributed by atoms with Gasteiger partial charge in [-0.05, 0) is 19.9 Å². The van der Waals surface area contributed by atoms with E-state index < -0.39 is 0 Å². The molecular weight excluding hydrogens is 261 g/mol. The van der Waals surface area contributed by atoms with Gasteiger partial charge in [0.1, 0.15) is 5.82 Å². The molecule has 1 aromatic rings. The Morgan fingerprint density at radius 1 is 1.55 bits per heavy atom. The number of morpholine rings is 1. The highest BCUT2D eigenvalue weighted by Crippen LogP contribution is 2.18. The fourth-order valence-corrected chi connectivity index (χ4v) is 2.30. The van der Waals surface area contributed by atoms with Crippen molar-refractivity contribution in [3.05, 3.63) is 35.1 Å². The number of nitrogens with two attached hydrogens (primary N) is 1. The largest absolute Gasteiger partial charge is 0.409 e. The average molecular weight is 281 g/mol. The Labute approximate surface area is 117 Å². The molecule has 2 rings (SSSR count). The van der Waals surface area contributed by atoms with Crippen LogP contribution < -0.4 is 5.73 Å². The van der Waals surface area contributed by atoms with E-state index in [-0.39, 0.29) is 23.8 Å². The van der Waals surface area contributed by atoms with Gasteiger partial charge in [-0.25, -0.2) is 4.39 Å². The molecule has 0 radical (unpaired) electrons. The third-order valence-corrected chi connectivity index (χ3v) is 3.57. The Bertz CT molecular complexity index is 507. The summed E-state index contributed by atoms with van der Waals surface area (Å²) in [4.78, 5) is 2.19. The van der Waals surface area contributed by atoms with E-state index in [1.165, 1.54) is 6.07 Å². The number of rotatable bonds is 3. The molecule has 0 amide bonds. The molecule has 2 unspecified atom stereocenters. The predicted octanol–water partition coefficient (Wildman–Crippen LogP) is 1.53. The predicted molar refractivity (Wildman–Crippen MR) is 74.2 cm³/mol. The Kier molecular flexibility index (Phi) is 4.57. The lowest BCUT2D eigenvalue weighted by molar-refractivity contribution is -0.0529. The van der Waals surface area contributed by atoms with Crippen LogP contribution in [-0.4, -0.2) is 41.2 Å². The van der Waals surface area contributed by atoms with Crippen molar-refractivity contribution in [3.63, 3.8) is 0 Å². The highest BCUT2D eigenvalue weighted by molar-refractivity contribution is 5.97. The van der Waals surface area contributed by atoms with Crippen LogP contribution in [0.1, 0.15) is 25.0 Å². The monoisotopic (exact) mass is 281 g/mol. The molecule has 1 heterocycles. The summed E-state index contributed by atoms with van der Waals surface area (Å²) in [5, 5.41) is 11.5. The first-order chi connectivity index (χ1) is 9.51. The third kappa shape index (κ3) is 3.26. The fourth-order valence-electron chi connectivity index (χ4n) is 2.30. The maximum atomic E-state index is 14.1. The van der Waals surface area contributed by atoms with Crippen molar-refractivity contribution in [3.8, 4) is 0 Å². The van der Waals surface area contributed by atoms with E-state index in [0.717, 1.165) is 6.54 Å². The molecule has 0 bridgehead atoms. The highest BCUT2D eigenvalue weighted by Gasteiger charge is 2.24. The van der Waals surface area contributed by atoms with Gasteiger partial charge < -0.3 is 15.7 Å². The lowest BCUT2D eigenvalue weighted by Crippen LogP contribution is -2.46. The molecule has 110 valence electrons. The molecule has 0 aliphatic carbocycles. The summed E-state index contributed by atoms with van der Waals surface area (Å²) in [6.45, 7) is 6.04. The summed E-state index contributed by atoms with van der Waals surface area (Å²) in [6.07, 6.45) is 0.158. The van der Waals surface area contributed by atoms with Gasteiger partial charge in [-0.3, -0.25) is 4.90 Å². The van der Waals surface area contributed by atoms with Gasteiger partial charge in [0, 0.05) is 30.3 Å². The Morgan fingerprint density at radius 2 is 2.30 bits per heavy atom. The van der Waals surface area contributed by atoms with Crippen molar-refractivity contribution in [2.75, 3.05) is 13.2 Å². The van der Waals surface area contributed by atoms with E-state index in [2.05, 4.69) is 17.0 Å². The maximum absolute atomic E-state index is 14.1. The zero-order chi connectivity index (χ0) is 14.7. The van der Waals surface area contributed by atoms with Gasteiger partial charge in [0.05, 0.1) is 12.7 Å². The topological polar surface area (TPSA) is 71.1 Å². The third-order valence-electron chi connectivity index (χ3n) is 3.57. The van der Waals surface area contributed by atoms with Crippen LogP contribution in [0.4, 0.5) is 4.39 Å². The van der Waals surface area contributed by atoms with E-state index in [4.69, 9.17) is 15.7 Å². The van der Waals surface area contributed by atoms with E-state index >= 15 is 0 Å². The molecule has 0 aromatic heterocycles. The van der Waals surface area contributed by atoms with Gasteiger partial charge in [-0.2, -0.15) is 0 Å². The van der Waals surface area contributed by atoms with Gasteiger partial charge >= 0.3 is 0 Å². The molecule has 2 atom stereocenters. The Morgan fingerprint density at radius 3 is 2.95 bits per heavy atom. The van der Waals surface area contributed by atoms with Crippen LogP contribution in [0.3, 0.4) is 0 Å². The lowest BCUT2D eigenvalue weighted by atomic mass is 10.1. The molecular formula is C14H20FN3O2. The average Bonchev–Trinajstić information content (AvgIpc) is 2.44. The molecule has 1 fully saturated rings. The number of ether oxygens (including phenoxy) is 1. The van der Waals surface area contributed by atoms with Gasteiger partial charge in [-0.15, -0.1) is 0 Å². The normalized spacial score (nSPS) is 24.9.